The molecule has 1 saturated carbocycles. The summed E-state index contributed by atoms with van der Waals surface area (Å²) < 4.78 is 41.4. The van der Waals surface area contributed by atoms with Gasteiger partial charge in [-0.3, -0.25) is 4.79 Å². The molecular formula is C40H26ClF2N3O7. The first-order chi connectivity index (χ1) is 25.4. The van der Waals surface area contributed by atoms with Gasteiger partial charge in [0.2, 0.25) is 5.91 Å². The molecule has 2 aromatic heterocycles. The summed E-state index contributed by atoms with van der Waals surface area (Å²) >= 11 is 6.53. The summed E-state index contributed by atoms with van der Waals surface area (Å²) in [5, 5.41) is 13.5. The number of hydrogen-bond donors (Lipinski definition) is 2. The number of aryl methyl sites for hydroxylation is 1. The fourth-order valence-corrected chi connectivity index (χ4v) is 6.53. The Kier molecular flexibility index (Phi) is 8.06. The highest BCUT2D eigenvalue weighted by Gasteiger charge is 2.53. The molecule has 2 aliphatic rings. The van der Waals surface area contributed by atoms with Gasteiger partial charge in [-0.05, 0) is 97.6 Å². The van der Waals surface area contributed by atoms with Gasteiger partial charge >= 0.3 is 18.2 Å². The maximum absolute atomic E-state index is 13.6. The first-order valence-electron chi connectivity index (χ1n) is 16.3. The van der Waals surface area contributed by atoms with Gasteiger partial charge in [-0.25, -0.2) is 19.6 Å². The maximum atomic E-state index is 13.6. The molecule has 0 spiro atoms. The second-order valence-electron chi connectivity index (χ2n) is 12.8. The smallest absolute Gasteiger partial charge is 0.508 e. The van der Waals surface area contributed by atoms with Crippen LogP contribution in [0.1, 0.15) is 44.7 Å². The van der Waals surface area contributed by atoms with E-state index in [4.69, 9.17) is 16.3 Å². The lowest BCUT2D eigenvalue weighted by molar-refractivity contribution is -0.286. The van der Waals surface area contributed by atoms with Crippen molar-refractivity contribution >= 4 is 46.2 Å². The van der Waals surface area contributed by atoms with E-state index in [1.807, 2.05) is 6.92 Å². The van der Waals surface area contributed by atoms with Gasteiger partial charge in [0.05, 0.1) is 38.5 Å². The van der Waals surface area contributed by atoms with Crippen LogP contribution in [0.3, 0.4) is 0 Å². The number of benzene rings is 4. The first-order valence-corrected chi connectivity index (χ1v) is 16.7. The molecule has 10 nitrogen and oxygen atoms in total. The van der Waals surface area contributed by atoms with Crippen molar-refractivity contribution in [2.45, 2.75) is 31.5 Å². The monoisotopic (exact) mass is 733 g/mol. The standard InChI is InChI=1S/C40H26ClF2N3O7/c1-21-5-14-34(46-38(50)39(15-16-39)26-8-13-32-33(20-26)53-40(42,43)52-32)45-35(21)23-3-2-4-24(17-23)36(48)51-37(49)25-6-10-28(29(41)19-25)31-11-7-22-18-27(47)9-12-30(22)44-31/h2-14,17-20,47H,15-16H2,1H3,(H,45,46,50). The Labute approximate surface area is 304 Å². The normalized spacial score (nSPS) is 14.8. The third-order valence-corrected chi connectivity index (χ3v) is 9.50. The second kappa shape index (κ2) is 12.7. The maximum Gasteiger partial charge on any atom is 0.586 e. The number of carbonyl (C=O) groups is 3. The number of ether oxygens (including phenoxy) is 3. The van der Waals surface area contributed by atoms with E-state index in [9.17, 15) is 28.3 Å². The Balaban J connectivity index is 0.963. The Morgan fingerprint density at radius 3 is 2.38 bits per heavy atom. The minimum atomic E-state index is -3.77. The number of nitrogens with zero attached hydrogens (tertiary/aromatic N) is 2. The summed E-state index contributed by atoms with van der Waals surface area (Å²) in [6, 6.07) is 27.0. The van der Waals surface area contributed by atoms with Gasteiger partial charge in [-0.1, -0.05) is 48.0 Å². The van der Waals surface area contributed by atoms with Crippen LogP contribution in [0.25, 0.3) is 33.4 Å². The Bertz CT molecular complexity index is 2520. The van der Waals surface area contributed by atoms with Crippen LogP contribution < -0.4 is 14.8 Å². The fourth-order valence-electron chi connectivity index (χ4n) is 6.25. The summed E-state index contributed by atoms with van der Waals surface area (Å²) in [4.78, 5) is 48.9. The van der Waals surface area contributed by atoms with E-state index in [0.29, 0.717) is 46.4 Å². The number of halogens is 3. The predicted octanol–water partition coefficient (Wildman–Crippen LogP) is 8.62. The van der Waals surface area contributed by atoms with Crippen LogP contribution in [0.15, 0.2) is 103 Å². The third-order valence-electron chi connectivity index (χ3n) is 9.19. The molecule has 0 saturated heterocycles. The highest BCUT2D eigenvalue weighted by Crippen LogP contribution is 2.52. The number of anilines is 1. The second-order valence-corrected chi connectivity index (χ2v) is 13.2. The molecule has 264 valence electrons. The topological polar surface area (TPSA) is 137 Å². The van der Waals surface area contributed by atoms with Gasteiger partial charge in [0.25, 0.3) is 0 Å². The van der Waals surface area contributed by atoms with Crippen LogP contribution in [0.2, 0.25) is 5.02 Å². The number of amides is 1. The minimum Gasteiger partial charge on any atom is -0.508 e. The van der Waals surface area contributed by atoms with Crippen LogP contribution in [-0.4, -0.2) is 39.2 Å². The van der Waals surface area contributed by atoms with Crippen molar-refractivity contribution in [1.29, 1.82) is 0 Å². The van der Waals surface area contributed by atoms with Crippen LogP contribution in [-0.2, 0) is 14.9 Å². The summed E-state index contributed by atoms with van der Waals surface area (Å²) in [6.07, 6.45) is -2.76. The van der Waals surface area contributed by atoms with Crippen molar-refractivity contribution in [3.63, 3.8) is 0 Å². The fraction of sp³-hybridized carbons (Fsp3) is 0.125. The first kappa shape index (κ1) is 33.7. The predicted molar refractivity (Wildman–Crippen MR) is 190 cm³/mol. The molecule has 4 aromatic carbocycles. The van der Waals surface area contributed by atoms with E-state index in [-0.39, 0.29) is 45.1 Å². The number of aromatic nitrogens is 2. The molecule has 0 unspecified atom stereocenters. The lowest BCUT2D eigenvalue weighted by Crippen LogP contribution is -2.28. The molecule has 1 amide bonds. The largest absolute Gasteiger partial charge is 0.586 e. The Morgan fingerprint density at radius 2 is 1.60 bits per heavy atom. The number of nitrogens with one attached hydrogen (secondary N) is 1. The third kappa shape index (κ3) is 6.49. The van der Waals surface area contributed by atoms with Gasteiger partial charge in [0.1, 0.15) is 11.6 Å². The molecular weight excluding hydrogens is 708 g/mol. The Hall–Kier alpha value is -6.40. The van der Waals surface area contributed by atoms with Crippen molar-refractivity contribution in [2.24, 2.45) is 0 Å². The number of aromatic hydroxyl groups is 1. The molecule has 0 atom stereocenters. The quantitative estimate of drug-likeness (QED) is 0.122. The number of alkyl halides is 2. The average molecular weight is 734 g/mol. The number of fused-ring (bicyclic) bond motifs is 2. The lowest BCUT2D eigenvalue weighted by atomic mass is 9.94. The molecule has 13 heteroatoms. The van der Waals surface area contributed by atoms with Gasteiger partial charge in [0.15, 0.2) is 11.5 Å². The van der Waals surface area contributed by atoms with Crippen molar-refractivity contribution in [1.82, 2.24) is 9.97 Å². The van der Waals surface area contributed by atoms with Crippen LogP contribution >= 0.6 is 11.6 Å². The zero-order valence-corrected chi connectivity index (χ0v) is 28.4. The number of esters is 2. The number of hydrogen-bond acceptors (Lipinski definition) is 9. The number of rotatable bonds is 7. The van der Waals surface area contributed by atoms with E-state index < -0.39 is 23.6 Å². The van der Waals surface area contributed by atoms with Crippen molar-refractivity contribution in [2.75, 3.05) is 5.32 Å². The zero-order valence-electron chi connectivity index (χ0n) is 27.7. The summed E-state index contributed by atoms with van der Waals surface area (Å²) in [5.41, 5.74) is 3.24. The molecule has 8 rings (SSSR count). The SMILES string of the molecule is Cc1ccc(NC(=O)C2(c3ccc4c(c3)OC(F)(F)O4)CC2)nc1-c1cccc(C(=O)OC(=O)c2ccc(-c3ccc4cc(O)ccc4n3)c(Cl)c2)c1. The number of carbonyl (C=O) groups excluding carboxylic acids is 3. The summed E-state index contributed by atoms with van der Waals surface area (Å²) in [6.45, 7) is 1.82. The molecule has 2 N–H and O–H groups in total. The summed E-state index contributed by atoms with van der Waals surface area (Å²) in [5.74, 6) is -2.02. The van der Waals surface area contributed by atoms with Gasteiger partial charge in [-0.2, -0.15) is 0 Å². The molecule has 1 fully saturated rings. The van der Waals surface area contributed by atoms with E-state index in [0.717, 1.165) is 10.9 Å². The highest BCUT2D eigenvalue weighted by molar-refractivity contribution is 6.33. The van der Waals surface area contributed by atoms with Gasteiger partial charge in [-0.15, -0.1) is 8.78 Å². The van der Waals surface area contributed by atoms with Crippen LogP contribution in [0.4, 0.5) is 14.6 Å². The minimum absolute atomic E-state index is 0.0574. The van der Waals surface area contributed by atoms with Gasteiger partial charge in [0, 0.05) is 16.5 Å². The zero-order chi connectivity index (χ0) is 37.1. The molecule has 0 bridgehead atoms. The summed E-state index contributed by atoms with van der Waals surface area (Å²) in [7, 11) is 0. The molecule has 1 aliphatic heterocycles. The number of phenols is 1. The van der Waals surface area contributed by atoms with Crippen molar-refractivity contribution in [3.8, 4) is 39.8 Å². The van der Waals surface area contributed by atoms with E-state index in [1.165, 1.54) is 42.5 Å². The lowest BCUT2D eigenvalue weighted by Gasteiger charge is -2.17. The van der Waals surface area contributed by atoms with E-state index >= 15 is 0 Å². The number of phenolic OH excluding ortho intramolecular Hbond substituents is 1. The van der Waals surface area contributed by atoms with Gasteiger partial charge < -0.3 is 24.6 Å². The molecule has 53 heavy (non-hydrogen) atoms. The van der Waals surface area contributed by atoms with Crippen molar-refractivity contribution in [3.05, 3.63) is 130 Å². The Morgan fingerprint density at radius 1 is 0.830 bits per heavy atom. The van der Waals surface area contributed by atoms with E-state index in [2.05, 4.69) is 24.8 Å². The molecule has 6 aromatic rings. The average Bonchev–Trinajstić information content (AvgIpc) is 3.89. The highest BCUT2D eigenvalue weighted by atomic mass is 35.5. The molecule has 1 aliphatic carbocycles. The number of pyridine rings is 2. The molecule has 3 heterocycles. The van der Waals surface area contributed by atoms with Crippen molar-refractivity contribution < 1.29 is 42.5 Å². The molecule has 0 radical (unpaired) electrons. The van der Waals surface area contributed by atoms with Crippen LogP contribution in [0, 0.1) is 6.92 Å². The van der Waals surface area contributed by atoms with Crippen LogP contribution in [0.5, 0.6) is 17.2 Å². The van der Waals surface area contributed by atoms with E-state index in [1.54, 1.807) is 60.7 Å².